The standard InChI is InChI=1S/C54H29N3OS/c1-2-15-32-29-33(26-25-30(32)13-1)48-52-49(41-28-27-31-14-3-4-16-34(31)51(41)58-52)56-54(55-48)57-42-23-11-9-21-39(42)46-45-36-18-6-5-17-35(36)44-40-22-10-12-24-43(40)59-53(44)47(45)37-19-7-8-20-38(37)50(46)57/h1-29H. The normalized spacial score (nSPS) is 12.4. The largest absolute Gasteiger partial charge is 0.451 e. The summed E-state index contributed by atoms with van der Waals surface area (Å²) < 4.78 is 11.9. The van der Waals surface area contributed by atoms with E-state index in [1.54, 1.807) is 0 Å². The molecular formula is C54H29N3OS. The first-order valence-electron chi connectivity index (χ1n) is 20.0. The highest BCUT2D eigenvalue weighted by Crippen LogP contribution is 2.51. The summed E-state index contributed by atoms with van der Waals surface area (Å²) in [5.41, 5.74) is 6.21. The van der Waals surface area contributed by atoms with E-state index in [-0.39, 0.29) is 0 Å². The van der Waals surface area contributed by atoms with E-state index in [4.69, 9.17) is 14.4 Å². The molecule has 4 heterocycles. The van der Waals surface area contributed by atoms with Crippen LogP contribution < -0.4 is 0 Å². The number of hydrogen-bond acceptors (Lipinski definition) is 4. The first kappa shape index (κ1) is 31.5. The molecule has 4 nitrogen and oxygen atoms in total. The second kappa shape index (κ2) is 11.5. The Morgan fingerprint density at radius 2 is 1.05 bits per heavy atom. The molecule has 0 unspecified atom stereocenters. The fraction of sp³-hybridized carbons (Fsp3) is 0. The molecule has 0 fully saturated rings. The zero-order valence-corrected chi connectivity index (χ0v) is 32.2. The number of hydrogen-bond donors (Lipinski definition) is 0. The number of para-hydroxylation sites is 1. The van der Waals surface area contributed by atoms with Crippen LogP contribution in [-0.2, 0) is 0 Å². The Hall–Kier alpha value is -7.60. The predicted octanol–water partition coefficient (Wildman–Crippen LogP) is 15.3. The molecule has 0 saturated carbocycles. The maximum atomic E-state index is 6.92. The van der Waals surface area contributed by atoms with Crippen LogP contribution in [-0.4, -0.2) is 14.5 Å². The van der Waals surface area contributed by atoms with E-state index in [0.29, 0.717) is 11.5 Å². The van der Waals surface area contributed by atoms with Gasteiger partial charge < -0.3 is 4.42 Å². The van der Waals surface area contributed by atoms with Gasteiger partial charge in [0.05, 0.1) is 11.0 Å². The third kappa shape index (κ3) is 4.16. The Bertz CT molecular complexity index is 4150. The first-order valence-corrected chi connectivity index (χ1v) is 20.8. The monoisotopic (exact) mass is 767 g/mol. The highest BCUT2D eigenvalue weighted by atomic mass is 32.1. The minimum absolute atomic E-state index is 0.611. The minimum Gasteiger partial charge on any atom is -0.451 e. The van der Waals surface area contributed by atoms with Crippen molar-refractivity contribution in [2.75, 3.05) is 0 Å². The van der Waals surface area contributed by atoms with Gasteiger partial charge in [-0.25, -0.2) is 9.97 Å². The molecule has 0 N–H and O–H groups in total. The molecule has 14 rings (SSSR count). The van der Waals surface area contributed by atoms with Crippen molar-refractivity contribution in [3.63, 3.8) is 0 Å². The number of thiophene rings is 1. The molecule has 0 amide bonds. The summed E-state index contributed by atoms with van der Waals surface area (Å²) >= 11 is 1.90. The lowest BCUT2D eigenvalue weighted by molar-refractivity contribution is 0.670. The lowest BCUT2D eigenvalue weighted by atomic mass is 9.90. The van der Waals surface area contributed by atoms with Crippen molar-refractivity contribution in [1.82, 2.24) is 14.5 Å². The van der Waals surface area contributed by atoms with Crippen LogP contribution in [0.3, 0.4) is 0 Å². The van der Waals surface area contributed by atoms with Crippen LogP contribution in [0.15, 0.2) is 180 Å². The van der Waals surface area contributed by atoms with Crippen LogP contribution in [0.2, 0.25) is 0 Å². The second-order valence-electron chi connectivity index (χ2n) is 15.6. The van der Waals surface area contributed by atoms with Crippen LogP contribution in [0.5, 0.6) is 0 Å². The molecular weight excluding hydrogens is 739 g/mol. The number of aromatic nitrogens is 3. The average Bonchev–Trinajstić information content (AvgIpc) is 3.99. The van der Waals surface area contributed by atoms with E-state index >= 15 is 0 Å². The predicted molar refractivity (Wildman–Crippen MR) is 250 cm³/mol. The number of benzene rings is 10. The topological polar surface area (TPSA) is 43.9 Å². The highest BCUT2D eigenvalue weighted by molar-refractivity contribution is 7.27. The van der Waals surface area contributed by atoms with Gasteiger partial charge in [-0.1, -0.05) is 152 Å². The SMILES string of the molecule is c1ccc2cc(-c3nc(-n4c5ccccc5c5c6c7ccccc7c7c8ccccc8sc7c6c6ccccc6c54)nc4c3oc3c5ccccc5ccc43)ccc2c1. The number of furan rings is 1. The molecule has 0 radical (unpaired) electrons. The number of nitrogens with zero attached hydrogens (tertiary/aromatic N) is 3. The lowest BCUT2D eigenvalue weighted by Crippen LogP contribution is -2.03. The Morgan fingerprint density at radius 1 is 0.424 bits per heavy atom. The molecule has 0 spiro atoms. The van der Waals surface area contributed by atoms with E-state index in [2.05, 4.69) is 180 Å². The molecule has 10 aromatic carbocycles. The van der Waals surface area contributed by atoms with Crippen molar-refractivity contribution in [2.45, 2.75) is 0 Å². The molecule has 0 aliphatic rings. The van der Waals surface area contributed by atoms with Gasteiger partial charge in [-0.3, -0.25) is 4.57 Å². The zero-order chi connectivity index (χ0) is 38.3. The van der Waals surface area contributed by atoms with E-state index < -0.39 is 0 Å². The summed E-state index contributed by atoms with van der Waals surface area (Å²) in [6.07, 6.45) is 0. The summed E-state index contributed by atoms with van der Waals surface area (Å²) in [4.78, 5) is 11.1. The third-order valence-corrected chi connectivity index (χ3v) is 13.7. The van der Waals surface area contributed by atoms with Gasteiger partial charge in [-0.15, -0.1) is 11.3 Å². The van der Waals surface area contributed by atoms with Gasteiger partial charge in [-0.2, -0.15) is 0 Å². The average molecular weight is 768 g/mol. The van der Waals surface area contributed by atoms with Gasteiger partial charge in [0.25, 0.3) is 0 Å². The van der Waals surface area contributed by atoms with E-state index in [1.165, 1.54) is 68.6 Å². The first-order chi connectivity index (χ1) is 29.3. The number of rotatable bonds is 2. The third-order valence-electron chi connectivity index (χ3n) is 12.5. The van der Waals surface area contributed by atoms with Crippen molar-refractivity contribution in [3.8, 4) is 17.2 Å². The van der Waals surface area contributed by atoms with Crippen molar-refractivity contribution in [1.29, 1.82) is 0 Å². The fourth-order valence-corrected chi connectivity index (χ4v) is 11.3. The fourth-order valence-electron chi connectivity index (χ4n) is 10.0. The molecule has 0 saturated heterocycles. The molecule has 272 valence electrons. The zero-order valence-electron chi connectivity index (χ0n) is 31.4. The maximum absolute atomic E-state index is 6.92. The van der Waals surface area contributed by atoms with Crippen molar-refractivity contribution < 1.29 is 4.42 Å². The Balaban J connectivity index is 1.21. The molecule has 59 heavy (non-hydrogen) atoms. The van der Waals surface area contributed by atoms with Gasteiger partial charge in [0, 0.05) is 63.4 Å². The molecule has 0 aliphatic heterocycles. The summed E-state index contributed by atoms with van der Waals surface area (Å²) in [6.45, 7) is 0. The molecule has 14 aromatic rings. The van der Waals surface area contributed by atoms with Crippen LogP contribution in [0.25, 0.3) is 135 Å². The van der Waals surface area contributed by atoms with Crippen molar-refractivity contribution in [3.05, 3.63) is 176 Å². The molecule has 4 aromatic heterocycles. The molecule has 0 atom stereocenters. The van der Waals surface area contributed by atoms with Crippen molar-refractivity contribution >= 4 is 129 Å². The summed E-state index contributed by atoms with van der Waals surface area (Å²) in [5, 5.41) is 18.0. The van der Waals surface area contributed by atoms with Crippen LogP contribution in [0.1, 0.15) is 0 Å². The minimum atomic E-state index is 0.611. The molecule has 5 heteroatoms. The van der Waals surface area contributed by atoms with E-state index in [9.17, 15) is 0 Å². The van der Waals surface area contributed by atoms with Gasteiger partial charge in [0.1, 0.15) is 16.8 Å². The van der Waals surface area contributed by atoms with Gasteiger partial charge >= 0.3 is 0 Å². The van der Waals surface area contributed by atoms with E-state index in [1.807, 2.05) is 11.3 Å². The summed E-state index contributed by atoms with van der Waals surface area (Å²) in [6, 6.07) is 63.3. The maximum Gasteiger partial charge on any atom is 0.236 e. The molecule has 0 bridgehead atoms. The smallest absolute Gasteiger partial charge is 0.236 e. The van der Waals surface area contributed by atoms with Gasteiger partial charge in [-0.05, 0) is 56.6 Å². The van der Waals surface area contributed by atoms with Gasteiger partial charge in [0.15, 0.2) is 5.58 Å². The van der Waals surface area contributed by atoms with Crippen LogP contribution in [0, 0.1) is 0 Å². The van der Waals surface area contributed by atoms with E-state index in [0.717, 1.165) is 54.9 Å². The molecule has 0 aliphatic carbocycles. The lowest BCUT2D eigenvalue weighted by Gasteiger charge is -2.15. The van der Waals surface area contributed by atoms with Crippen LogP contribution >= 0.6 is 11.3 Å². The summed E-state index contributed by atoms with van der Waals surface area (Å²) in [5.74, 6) is 0.611. The van der Waals surface area contributed by atoms with Crippen molar-refractivity contribution in [2.24, 2.45) is 0 Å². The Morgan fingerprint density at radius 3 is 1.88 bits per heavy atom. The summed E-state index contributed by atoms with van der Waals surface area (Å²) in [7, 11) is 0. The highest BCUT2D eigenvalue weighted by Gasteiger charge is 2.26. The number of fused-ring (bicyclic) bond motifs is 21. The van der Waals surface area contributed by atoms with Crippen LogP contribution in [0.4, 0.5) is 0 Å². The Kier molecular flexibility index (Phi) is 6.14. The van der Waals surface area contributed by atoms with Gasteiger partial charge in [0.2, 0.25) is 5.95 Å². The Labute approximate surface area is 339 Å². The quantitative estimate of drug-likeness (QED) is 0.165. The second-order valence-corrected chi connectivity index (χ2v) is 16.6.